The van der Waals surface area contributed by atoms with Crippen LogP contribution < -0.4 is 18.9 Å². The summed E-state index contributed by atoms with van der Waals surface area (Å²) in [5, 5.41) is 0. The molecule has 7 rings (SSSR count). The first kappa shape index (κ1) is 69.9. The number of aliphatic imine (C=N–C) groups is 2. The van der Waals surface area contributed by atoms with E-state index in [1.54, 1.807) is 61.0 Å². The van der Waals surface area contributed by atoms with E-state index < -0.39 is 11.9 Å². The molecular weight excluding hydrogens is 1110 g/mol. The summed E-state index contributed by atoms with van der Waals surface area (Å²) in [6, 6.07) is 53.4. The number of carbonyl (C=O) groups is 2. The third kappa shape index (κ3) is 28.1. The van der Waals surface area contributed by atoms with Gasteiger partial charge in [0.05, 0.1) is 35.7 Å². The second kappa shape index (κ2) is 43.2. The molecule has 0 fully saturated rings. The molecule has 7 aromatic rings. The molecule has 0 unspecified atom stereocenters. The van der Waals surface area contributed by atoms with Crippen LogP contribution in [0.4, 0.5) is 11.4 Å². The largest absolute Gasteiger partial charge is 0.494 e. The molecule has 8 nitrogen and oxygen atoms in total. The first-order valence-electron chi connectivity index (χ1n) is 34.9. The Morgan fingerprint density at radius 1 is 0.300 bits per heavy atom. The van der Waals surface area contributed by atoms with Crippen LogP contribution in [0.1, 0.15) is 251 Å². The van der Waals surface area contributed by atoms with Crippen LogP contribution in [-0.2, 0) is 0 Å². The van der Waals surface area contributed by atoms with Gasteiger partial charge in [0.25, 0.3) is 0 Å². The average Bonchev–Trinajstić information content (AvgIpc) is 3.12. The van der Waals surface area contributed by atoms with Crippen molar-refractivity contribution in [2.75, 3.05) is 13.2 Å². The molecule has 0 spiro atoms. The molecule has 0 aliphatic heterocycles. The fraction of sp³-hybridized carbons (Fsp3) is 0.439. The van der Waals surface area contributed by atoms with E-state index in [0.717, 1.165) is 82.3 Å². The SMILES string of the molecule is CCCCCCCCCCCCCCCCCCOc1ccc(-c2ccc(C(=O)Oc3ccc(N=Cc4cccc(C=Nc5ccc(OC(=O)c6ccc(-c7ccc(OCCCCCCCCCCCCCCCCCC)cc7)cc6)cc5)c4)cc3)cc2)cc1. The summed E-state index contributed by atoms with van der Waals surface area (Å²) in [6.07, 6.45) is 47.1. The summed E-state index contributed by atoms with van der Waals surface area (Å²) in [5.41, 5.74) is 8.32. The lowest BCUT2D eigenvalue weighted by atomic mass is 10.0. The lowest BCUT2D eigenvalue weighted by molar-refractivity contribution is 0.0725. The second-order valence-electron chi connectivity index (χ2n) is 24.5. The quantitative estimate of drug-likeness (QED) is 0.0163. The van der Waals surface area contributed by atoms with Crippen LogP contribution in [0.5, 0.6) is 23.0 Å². The van der Waals surface area contributed by atoms with E-state index in [9.17, 15) is 9.59 Å². The molecule has 7 aromatic carbocycles. The Morgan fingerprint density at radius 2 is 0.556 bits per heavy atom. The van der Waals surface area contributed by atoms with Crippen LogP contribution in [0, 0.1) is 0 Å². The maximum Gasteiger partial charge on any atom is 0.343 e. The highest BCUT2D eigenvalue weighted by Gasteiger charge is 2.12. The maximum atomic E-state index is 13.1. The predicted octanol–water partition coefficient (Wildman–Crippen LogP) is 24.2. The van der Waals surface area contributed by atoms with Crippen molar-refractivity contribution in [3.05, 3.63) is 192 Å². The van der Waals surface area contributed by atoms with Crippen LogP contribution in [-0.4, -0.2) is 37.6 Å². The fourth-order valence-corrected chi connectivity index (χ4v) is 11.3. The Morgan fingerprint density at radius 3 is 0.844 bits per heavy atom. The molecule has 0 saturated heterocycles. The monoisotopic (exact) mass is 1210 g/mol. The van der Waals surface area contributed by atoms with Crippen LogP contribution in [0.3, 0.4) is 0 Å². The zero-order chi connectivity index (χ0) is 62.7. The number of ether oxygens (including phenoxy) is 4. The smallest absolute Gasteiger partial charge is 0.343 e. The van der Waals surface area contributed by atoms with Crippen LogP contribution in [0.25, 0.3) is 22.3 Å². The topological polar surface area (TPSA) is 95.8 Å². The molecule has 0 atom stereocenters. The van der Waals surface area contributed by atoms with Crippen molar-refractivity contribution >= 4 is 35.7 Å². The van der Waals surface area contributed by atoms with Gasteiger partial charge in [-0.15, -0.1) is 0 Å². The van der Waals surface area contributed by atoms with Gasteiger partial charge in [-0.1, -0.05) is 273 Å². The van der Waals surface area contributed by atoms with Crippen molar-refractivity contribution in [2.45, 2.75) is 219 Å². The van der Waals surface area contributed by atoms with E-state index in [1.807, 2.05) is 97.1 Å². The third-order valence-corrected chi connectivity index (χ3v) is 16.9. The standard InChI is InChI=1S/C82H104N2O6/c1-3-5-7-9-11-13-15-17-19-21-23-25-27-29-31-33-62-87-77-54-46-71(47-55-77)69-38-42-73(43-39-69)81(85)89-79-58-50-75(51-59-79)83-65-67-36-35-37-68(64-67)66-84-76-52-60-80(61-53-76)90-82(86)74-44-40-70(41-45-74)72-48-56-78(57-49-72)88-63-34-32-30-28-26-24-22-20-18-16-14-12-10-8-6-4-2/h35-61,64-66H,3-34,62-63H2,1-2H3. The Kier molecular flexibility index (Phi) is 33.5. The van der Waals surface area contributed by atoms with Crippen LogP contribution in [0.2, 0.25) is 0 Å². The number of carbonyl (C=O) groups excluding carboxylic acids is 2. The number of esters is 2. The van der Waals surface area contributed by atoms with Crippen molar-refractivity contribution in [3.63, 3.8) is 0 Å². The van der Waals surface area contributed by atoms with Gasteiger partial charge in [-0.25, -0.2) is 9.59 Å². The normalized spacial score (nSPS) is 11.4. The van der Waals surface area contributed by atoms with Gasteiger partial charge < -0.3 is 18.9 Å². The molecule has 0 saturated carbocycles. The molecule has 0 aromatic heterocycles. The number of hydrogen-bond donors (Lipinski definition) is 0. The summed E-state index contributed by atoms with van der Waals surface area (Å²) in [6.45, 7) is 6.05. The Balaban J connectivity index is 0.729. The summed E-state index contributed by atoms with van der Waals surface area (Å²) in [4.78, 5) is 35.5. The molecule has 0 bridgehead atoms. The van der Waals surface area contributed by atoms with E-state index in [1.165, 1.54) is 193 Å². The van der Waals surface area contributed by atoms with Gasteiger partial charge in [0.15, 0.2) is 0 Å². The highest BCUT2D eigenvalue weighted by molar-refractivity contribution is 5.93. The third-order valence-electron chi connectivity index (χ3n) is 16.9. The van der Waals surface area contributed by atoms with E-state index in [-0.39, 0.29) is 0 Å². The zero-order valence-corrected chi connectivity index (χ0v) is 54.7. The molecule has 0 radical (unpaired) electrons. The number of benzene rings is 7. The molecule has 0 aliphatic carbocycles. The van der Waals surface area contributed by atoms with Gasteiger partial charge in [0.1, 0.15) is 23.0 Å². The number of unbranched alkanes of at least 4 members (excludes halogenated alkanes) is 30. The number of nitrogens with zero attached hydrogens (tertiary/aromatic N) is 2. The first-order chi connectivity index (χ1) is 44.4. The van der Waals surface area contributed by atoms with Gasteiger partial charge in [0, 0.05) is 12.4 Å². The van der Waals surface area contributed by atoms with Gasteiger partial charge in [0.2, 0.25) is 0 Å². The van der Waals surface area contributed by atoms with Crippen molar-refractivity contribution in [1.29, 1.82) is 0 Å². The molecule has 90 heavy (non-hydrogen) atoms. The molecule has 0 aliphatic rings. The minimum Gasteiger partial charge on any atom is -0.494 e. The van der Waals surface area contributed by atoms with Crippen molar-refractivity contribution in [3.8, 4) is 45.3 Å². The van der Waals surface area contributed by atoms with E-state index in [0.29, 0.717) is 22.6 Å². The Hall–Kier alpha value is -7.58. The molecule has 0 heterocycles. The average molecular weight is 1210 g/mol. The van der Waals surface area contributed by atoms with E-state index in [2.05, 4.69) is 48.1 Å². The summed E-state index contributed by atoms with van der Waals surface area (Å²) < 4.78 is 23.5. The Bertz CT molecular complexity index is 2890. The molecular formula is C82H104N2O6. The lowest BCUT2D eigenvalue weighted by Gasteiger charge is -2.09. The first-order valence-corrected chi connectivity index (χ1v) is 34.9. The van der Waals surface area contributed by atoms with Gasteiger partial charge in [-0.3, -0.25) is 9.98 Å². The van der Waals surface area contributed by atoms with Gasteiger partial charge in [-0.2, -0.15) is 0 Å². The minimum atomic E-state index is -0.426. The highest BCUT2D eigenvalue weighted by atomic mass is 16.5. The molecule has 8 heteroatoms. The van der Waals surface area contributed by atoms with E-state index >= 15 is 0 Å². The summed E-state index contributed by atoms with van der Waals surface area (Å²) in [7, 11) is 0. The summed E-state index contributed by atoms with van der Waals surface area (Å²) >= 11 is 0. The predicted molar refractivity (Wildman–Crippen MR) is 378 cm³/mol. The van der Waals surface area contributed by atoms with Gasteiger partial charge in [-0.05, 0) is 149 Å². The molecule has 0 amide bonds. The molecule has 0 N–H and O–H groups in total. The lowest BCUT2D eigenvalue weighted by Crippen LogP contribution is -2.08. The Labute approximate surface area is 541 Å². The van der Waals surface area contributed by atoms with E-state index in [4.69, 9.17) is 18.9 Å². The maximum absolute atomic E-state index is 13.1. The van der Waals surface area contributed by atoms with Crippen molar-refractivity contribution in [1.82, 2.24) is 0 Å². The number of rotatable bonds is 46. The van der Waals surface area contributed by atoms with Gasteiger partial charge >= 0.3 is 11.9 Å². The molecule has 478 valence electrons. The minimum absolute atomic E-state index is 0.426. The van der Waals surface area contributed by atoms with Crippen LogP contribution >= 0.6 is 0 Å². The van der Waals surface area contributed by atoms with Crippen molar-refractivity contribution in [2.24, 2.45) is 9.98 Å². The van der Waals surface area contributed by atoms with Crippen molar-refractivity contribution < 1.29 is 28.5 Å². The highest BCUT2D eigenvalue weighted by Crippen LogP contribution is 2.28. The zero-order valence-electron chi connectivity index (χ0n) is 54.7. The number of hydrogen-bond acceptors (Lipinski definition) is 8. The fourth-order valence-electron chi connectivity index (χ4n) is 11.3. The van der Waals surface area contributed by atoms with Crippen LogP contribution in [0.15, 0.2) is 180 Å². The second-order valence-corrected chi connectivity index (χ2v) is 24.5. The summed E-state index contributed by atoms with van der Waals surface area (Å²) in [5.74, 6) is 1.78.